The lowest BCUT2D eigenvalue weighted by Gasteiger charge is -2.11. The molecule has 1 aliphatic rings. The second kappa shape index (κ2) is 4.72. The zero-order valence-corrected chi connectivity index (χ0v) is 11.7. The Morgan fingerprint density at radius 3 is 2.58 bits per heavy atom. The Labute approximate surface area is 114 Å². The van der Waals surface area contributed by atoms with E-state index < -0.39 is 0 Å². The summed E-state index contributed by atoms with van der Waals surface area (Å²) in [6, 6.07) is 8.44. The van der Waals surface area contributed by atoms with Gasteiger partial charge in [0.25, 0.3) is 0 Å². The fraction of sp³-hybridized carbons (Fsp3) is 0.438. The Kier molecular flexibility index (Phi) is 3.05. The molecule has 0 saturated heterocycles. The van der Waals surface area contributed by atoms with Crippen LogP contribution in [0.15, 0.2) is 24.3 Å². The van der Waals surface area contributed by atoms with Gasteiger partial charge < -0.3 is 5.73 Å². The van der Waals surface area contributed by atoms with Crippen LogP contribution in [-0.2, 0) is 7.05 Å². The molecule has 1 saturated carbocycles. The Balaban J connectivity index is 2.16. The van der Waals surface area contributed by atoms with E-state index in [-0.39, 0.29) is 0 Å². The molecule has 0 radical (unpaired) electrons. The van der Waals surface area contributed by atoms with Gasteiger partial charge in [0.05, 0.1) is 5.69 Å². The summed E-state index contributed by atoms with van der Waals surface area (Å²) in [7, 11) is 1.94. The summed E-state index contributed by atoms with van der Waals surface area (Å²) in [6.07, 6.45) is 5.12. The third-order valence-corrected chi connectivity index (χ3v) is 4.27. The van der Waals surface area contributed by atoms with Crippen molar-refractivity contribution in [3.63, 3.8) is 0 Å². The smallest absolute Gasteiger partial charge is 0.129 e. The summed E-state index contributed by atoms with van der Waals surface area (Å²) in [5.74, 6) is 1.37. The third kappa shape index (κ3) is 2.03. The van der Waals surface area contributed by atoms with E-state index in [2.05, 4.69) is 31.2 Å². The molecule has 1 aromatic heterocycles. The van der Waals surface area contributed by atoms with Crippen molar-refractivity contribution in [1.82, 2.24) is 9.78 Å². The van der Waals surface area contributed by atoms with E-state index in [9.17, 15) is 0 Å². The first-order chi connectivity index (χ1) is 9.18. The minimum atomic E-state index is 0.582. The number of aromatic nitrogens is 2. The summed E-state index contributed by atoms with van der Waals surface area (Å²) in [6.45, 7) is 2.14. The average molecular weight is 255 g/mol. The molecule has 2 N–H and O–H groups in total. The van der Waals surface area contributed by atoms with Gasteiger partial charge in [0.1, 0.15) is 5.82 Å². The topological polar surface area (TPSA) is 43.8 Å². The number of hydrogen-bond acceptors (Lipinski definition) is 2. The zero-order chi connectivity index (χ0) is 13.4. The first-order valence-electron chi connectivity index (χ1n) is 7.07. The van der Waals surface area contributed by atoms with Crippen LogP contribution >= 0.6 is 0 Å². The summed E-state index contributed by atoms with van der Waals surface area (Å²) < 4.78 is 1.83. The zero-order valence-electron chi connectivity index (χ0n) is 11.7. The fourth-order valence-electron chi connectivity index (χ4n) is 3.17. The van der Waals surface area contributed by atoms with Crippen molar-refractivity contribution < 1.29 is 0 Å². The van der Waals surface area contributed by atoms with Gasteiger partial charge in [-0.1, -0.05) is 37.1 Å². The maximum Gasteiger partial charge on any atom is 0.129 e. The van der Waals surface area contributed by atoms with Gasteiger partial charge in [0, 0.05) is 18.5 Å². The molecular weight excluding hydrogens is 234 g/mol. The van der Waals surface area contributed by atoms with Crippen molar-refractivity contribution in [2.75, 3.05) is 5.73 Å². The van der Waals surface area contributed by atoms with E-state index in [1.54, 1.807) is 0 Å². The number of aryl methyl sites for hydroxylation is 2. The largest absolute Gasteiger partial charge is 0.383 e. The van der Waals surface area contributed by atoms with E-state index in [4.69, 9.17) is 10.8 Å². The Bertz CT molecular complexity index is 592. The fourth-order valence-corrected chi connectivity index (χ4v) is 3.17. The van der Waals surface area contributed by atoms with Gasteiger partial charge in [-0.3, -0.25) is 4.68 Å². The van der Waals surface area contributed by atoms with Gasteiger partial charge in [-0.25, -0.2) is 0 Å². The lowest BCUT2D eigenvalue weighted by Crippen LogP contribution is -1.98. The summed E-state index contributed by atoms with van der Waals surface area (Å²) in [4.78, 5) is 0. The second-order valence-corrected chi connectivity index (χ2v) is 5.57. The van der Waals surface area contributed by atoms with E-state index >= 15 is 0 Å². The third-order valence-electron chi connectivity index (χ3n) is 4.27. The van der Waals surface area contributed by atoms with Gasteiger partial charge in [-0.15, -0.1) is 0 Å². The Morgan fingerprint density at radius 1 is 1.21 bits per heavy atom. The van der Waals surface area contributed by atoms with Crippen molar-refractivity contribution in [1.29, 1.82) is 0 Å². The molecule has 0 bridgehead atoms. The van der Waals surface area contributed by atoms with Crippen LogP contribution in [0.4, 0.5) is 5.82 Å². The van der Waals surface area contributed by atoms with Crippen molar-refractivity contribution in [3.8, 4) is 11.1 Å². The minimum absolute atomic E-state index is 0.582. The molecule has 100 valence electrons. The molecule has 3 nitrogen and oxygen atoms in total. The van der Waals surface area contributed by atoms with Crippen LogP contribution in [0.1, 0.15) is 42.9 Å². The molecule has 0 unspecified atom stereocenters. The van der Waals surface area contributed by atoms with Crippen molar-refractivity contribution in [3.05, 3.63) is 35.5 Å². The molecule has 1 aliphatic carbocycles. The predicted molar refractivity (Wildman–Crippen MR) is 79.0 cm³/mol. The van der Waals surface area contributed by atoms with E-state index in [1.165, 1.54) is 42.5 Å². The first-order valence-corrected chi connectivity index (χ1v) is 7.07. The molecule has 0 aliphatic heterocycles. The first kappa shape index (κ1) is 12.3. The van der Waals surface area contributed by atoms with Crippen molar-refractivity contribution >= 4 is 5.82 Å². The predicted octanol–water partition coefficient (Wildman–Crippen LogP) is 3.64. The lowest BCUT2D eigenvalue weighted by molar-refractivity contribution is 0.660. The quantitative estimate of drug-likeness (QED) is 0.890. The molecule has 3 heteroatoms. The van der Waals surface area contributed by atoms with Crippen molar-refractivity contribution in [2.45, 2.75) is 38.5 Å². The molecule has 19 heavy (non-hydrogen) atoms. The van der Waals surface area contributed by atoms with Gasteiger partial charge >= 0.3 is 0 Å². The van der Waals surface area contributed by atoms with Crippen LogP contribution in [0.3, 0.4) is 0 Å². The molecule has 1 heterocycles. The van der Waals surface area contributed by atoms with Crippen LogP contribution in [0.2, 0.25) is 0 Å². The minimum Gasteiger partial charge on any atom is -0.383 e. The standard InChI is InChI=1S/C16H21N3/c1-11-7-3-6-10-13(11)14-15(12-8-4-5-9-12)18-19(2)16(14)17/h3,6-7,10,12H,4-5,8-9,17H2,1-2H3. The van der Waals surface area contributed by atoms with Gasteiger partial charge in [-0.05, 0) is 30.9 Å². The number of rotatable bonds is 2. The lowest BCUT2D eigenvalue weighted by atomic mass is 9.93. The van der Waals surface area contributed by atoms with Gasteiger partial charge in [0.2, 0.25) is 0 Å². The highest BCUT2D eigenvalue weighted by atomic mass is 15.3. The Hall–Kier alpha value is -1.77. The molecular formula is C16H21N3. The second-order valence-electron chi connectivity index (χ2n) is 5.57. The molecule has 2 aromatic rings. The molecule has 0 amide bonds. The van der Waals surface area contributed by atoms with E-state index in [0.29, 0.717) is 5.92 Å². The summed E-state index contributed by atoms with van der Waals surface area (Å²) >= 11 is 0. The van der Waals surface area contributed by atoms with Crippen LogP contribution in [0.5, 0.6) is 0 Å². The number of hydrogen-bond donors (Lipinski definition) is 1. The summed E-state index contributed by atoms with van der Waals surface area (Å²) in [5.41, 5.74) is 11.1. The number of nitrogen functional groups attached to an aromatic ring is 1. The number of nitrogens with zero attached hydrogens (tertiary/aromatic N) is 2. The van der Waals surface area contributed by atoms with Crippen LogP contribution < -0.4 is 5.73 Å². The monoisotopic (exact) mass is 255 g/mol. The average Bonchev–Trinajstić information content (AvgIpc) is 3.01. The maximum absolute atomic E-state index is 6.27. The molecule has 3 rings (SSSR count). The highest BCUT2D eigenvalue weighted by Crippen LogP contribution is 2.41. The van der Waals surface area contributed by atoms with Gasteiger partial charge in [-0.2, -0.15) is 5.10 Å². The van der Waals surface area contributed by atoms with E-state index in [1.807, 2.05) is 11.7 Å². The van der Waals surface area contributed by atoms with Crippen LogP contribution in [0, 0.1) is 6.92 Å². The number of nitrogens with two attached hydrogens (primary N) is 1. The molecule has 1 aromatic carbocycles. The Morgan fingerprint density at radius 2 is 1.89 bits per heavy atom. The van der Waals surface area contributed by atoms with E-state index in [0.717, 1.165) is 11.4 Å². The van der Waals surface area contributed by atoms with Crippen LogP contribution in [-0.4, -0.2) is 9.78 Å². The highest BCUT2D eigenvalue weighted by molar-refractivity contribution is 5.79. The van der Waals surface area contributed by atoms with Crippen molar-refractivity contribution in [2.24, 2.45) is 7.05 Å². The summed E-state index contributed by atoms with van der Waals surface area (Å²) in [5, 5.41) is 4.70. The molecule has 1 fully saturated rings. The maximum atomic E-state index is 6.27. The number of anilines is 1. The molecule has 0 atom stereocenters. The normalized spacial score (nSPS) is 16.1. The van der Waals surface area contributed by atoms with Gasteiger partial charge in [0.15, 0.2) is 0 Å². The highest BCUT2D eigenvalue weighted by Gasteiger charge is 2.26. The van der Waals surface area contributed by atoms with Crippen LogP contribution in [0.25, 0.3) is 11.1 Å². The SMILES string of the molecule is Cc1ccccc1-c1c(C2CCCC2)nn(C)c1N. The number of benzene rings is 1. The molecule has 0 spiro atoms.